The molecule has 1 unspecified atom stereocenters. The topological polar surface area (TPSA) is 30.3 Å². The molecule has 2 aromatic carbocycles. The quantitative estimate of drug-likeness (QED) is 0.699. The monoisotopic (exact) mass is 379 g/mol. The average molecular weight is 380 g/mol. The minimum Gasteiger partial charge on any atom is -0.371 e. The molecule has 2 fully saturated rings. The predicted molar refractivity (Wildman–Crippen MR) is 113 cm³/mol. The van der Waals surface area contributed by atoms with E-state index in [9.17, 15) is 0 Å². The highest BCUT2D eigenvalue weighted by Gasteiger charge is 2.44. The summed E-state index contributed by atoms with van der Waals surface area (Å²) in [4.78, 5) is 5.01. The van der Waals surface area contributed by atoms with Crippen molar-refractivity contribution < 1.29 is 0 Å². The van der Waals surface area contributed by atoms with Crippen molar-refractivity contribution in [3.63, 3.8) is 0 Å². The molecule has 4 rings (SSSR count). The Balaban J connectivity index is 1.46. The fourth-order valence-electron chi connectivity index (χ4n) is 4.79. The van der Waals surface area contributed by atoms with Crippen LogP contribution in [-0.2, 0) is 0 Å². The van der Waals surface area contributed by atoms with Gasteiger partial charge in [-0.2, -0.15) is 5.26 Å². The van der Waals surface area contributed by atoms with Crippen LogP contribution in [0.1, 0.15) is 37.3 Å². The molecule has 0 saturated carbocycles. The molecule has 3 nitrogen and oxygen atoms in total. The first-order valence-corrected chi connectivity index (χ1v) is 10.2. The van der Waals surface area contributed by atoms with Gasteiger partial charge in [0.05, 0.1) is 10.6 Å². The fourth-order valence-corrected chi connectivity index (χ4v) is 5.01. The second kappa shape index (κ2) is 7.09. The van der Waals surface area contributed by atoms with Crippen LogP contribution in [0.2, 0.25) is 5.02 Å². The summed E-state index contributed by atoms with van der Waals surface area (Å²) in [7, 11) is 0. The lowest BCUT2D eigenvalue weighted by atomic mass is 9.76. The third-order valence-electron chi connectivity index (χ3n) is 6.39. The molecule has 4 heteroatoms. The van der Waals surface area contributed by atoms with Crippen molar-refractivity contribution in [1.82, 2.24) is 0 Å². The Labute approximate surface area is 167 Å². The van der Waals surface area contributed by atoms with Gasteiger partial charge in [-0.3, -0.25) is 0 Å². The smallest absolute Gasteiger partial charge is 0.101 e. The summed E-state index contributed by atoms with van der Waals surface area (Å²) in [6.45, 7) is 7.78. The number of anilines is 2. The molecule has 0 aliphatic carbocycles. The number of hydrogen-bond donors (Lipinski definition) is 0. The lowest BCUT2D eigenvalue weighted by Crippen LogP contribution is -2.41. The van der Waals surface area contributed by atoms with Gasteiger partial charge in [-0.05, 0) is 68.9 Å². The number of nitrogens with zero attached hydrogens (tertiary/aromatic N) is 3. The summed E-state index contributed by atoms with van der Waals surface area (Å²) in [5.41, 5.74) is 4.74. The van der Waals surface area contributed by atoms with Gasteiger partial charge in [0.15, 0.2) is 0 Å². The number of halogens is 1. The summed E-state index contributed by atoms with van der Waals surface area (Å²) < 4.78 is 0. The zero-order valence-corrected chi connectivity index (χ0v) is 16.8. The van der Waals surface area contributed by atoms with Crippen LogP contribution in [-0.4, -0.2) is 25.7 Å². The van der Waals surface area contributed by atoms with Crippen molar-refractivity contribution in [1.29, 1.82) is 5.26 Å². The maximum absolute atomic E-state index is 9.11. The molecule has 0 N–H and O–H groups in total. The Hall–Kier alpha value is -2.18. The van der Waals surface area contributed by atoms with Crippen LogP contribution in [0.3, 0.4) is 0 Å². The molecule has 0 bridgehead atoms. The molecule has 140 valence electrons. The van der Waals surface area contributed by atoms with Gasteiger partial charge >= 0.3 is 0 Å². The molecule has 2 heterocycles. The van der Waals surface area contributed by atoms with E-state index < -0.39 is 0 Å². The van der Waals surface area contributed by atoms with Crippen molar-refractivity contribution in [2.75, 3.05) is 29.4 Å². The van der Waals surface area contributed by atoms with Crippen LogP contribution in [0.25, 0.3) is 0 Å². The molecule has 1 spiro atoms. The van der Waals surface area contributed by atoms with E-state index in [1.807, 2.05) is 18.2 Å². The SMILES string of the molecule is Cc1ccc(N2CCC3(CC2)CC(C)N(c2ccc(C#N)c(Cl)c2)C3)cc1. The third kappa shape index (κ3) is 3.51. The van der Waals surface area contributed by atoms with E-state index in [1.165, 1.54) is 30.5 Å². The second-order valence-corrected chi connectivity index (χ2v) is 8.69. The number of aryl methyl sites for hydroxylation is 1. The van der Waals surface area contributed by atoms with Gasteiger partial charge in [0, 0.05) is 37.1 Å². The van der Waals surface area contributed by atoms with E-state index in [0.717, 1.165) is 25.3 Å². The molecule has 0 amide bonds. The predicted octanol–water partition coefficient (Wildman–Crippen LogP) is 5.41. The average Bonchev–Trinajstić information content (AvgIpc) is 2.99. The van der Waals surface area contributed by atoms with Gasteiger partial charge in [0.2, 0.25) is 0 Å². The minimum atomic E-state index is 0.390. The minimum absolute atomic E-state index is 0.390. The van der Waals surface area contributed by atoms with E-state index in [1.54, 1.807) is 0 Å². The fraction of sp³-hybridized carbons (Fsp3) is 0.435. The lowest BCUT2D eigenvalue weighted by molar-refractivity contribution is 0.245. The maximum Gasteiger partial charge on any atom is 0.101 e. The standard InChI is InChI=1S/C23H26ClN3/c1-17-3-6-20(7-4-17)26-11-9-23(10-12-26)14-18(2)27(16-23)21-8-5-19(15-25)22(24)13-21/h3-8,13,18H,9-12,14,16H2,1-2H3. The number of hydrogen-bond acceptors (Lipinski definition) is 3. The summed E-state index contributed by atoms with van der Waals surface area (Å²) in [5, 5.41) is 9.66. The number of rotatable bonds is 2. The summed E-state index contributed by atoms with van der Waals surface area (Å²) in [5.74, 6) is 0. The number of benzene rings is 2. The molecule has 2 aliphatic rings. The van der Waals surface area contributed by atoms with Gasteiger partial charge in [-0.15, -0.1) is 0 Å². The van der Waals surface area contributed by atoms with Crippen LogP contribution in [0.4, 0.5) is 11.4 Å². The van der Waals surface area contributed by atoms with E-state index in [0.29, 0.717) is 22.0 Å². The van der Waals surface area contributed by atoms with Crippen molar-refractivity contribution in [2.24, 2.45) is 5.41 Å². The zero-order valence-electron chi connectivity index (χ0n) is 16.1. The molecule has 2 aromatic rings. The molecule has 1 atom stereocenters. The molecule has 2 aliphatic heterocycles. The van der Waals surface area contributed by atoms with Crippen LogP contribution in [0.15, 0.2) is 42.5 Å². The van der Waals surface area contributed by atoms with Gasteiger partial charge in [-0.1, -0.05) is 29.3 Å². The zero-order chi connectivity index (χ0) is 19.0. The largest absolute Gasteiger partial charge is 0.371 e. The van der Waals surface area contributed by atoms with Crippen LogP contribution >= 0.6 is 11.6 Å². The van der Waals surface area contributed by atoms with Crippen LogP contribution in [0, 0.1) is 23.7 Å². The van der Waals surface area contributed by atoms with E-state index >= 15 is 0 Å². The molecule has 2 saturated heterocycles. The molecule has 27 heavy (non-hydrogen) atoms. The van der Waals surface area contributed by atoms with Gasteiger partial charge in [0.25, 0.3) is 0 Å². The first-order valence-electron chi connectivity index (χ1n) is 9.78. The van der Waals surface area contributed by atoms with Gasteiger partial charge < -0.3 is 9.80 Å². The second-order valence-electron chi connectivity index (χ2n) is 8.28. The third-order valence-corrected chi connectivity index (χ3v) is 6.71. The van der Waals surface area contributed by atoms with Crippen LogP contribution in [0.5, 0.6) is 0 Å². The first kappa shape index (κ1) is 18.2. The van der Waals surface area contributed by atoms with Crippen molar-refractivity contribution in [3.05, 3.63) is 58.6 Å². The first-order chi connectivity index (χ1) is 13.0. The van der Waals surface area contributed by atoms with Gasteiger partial charge in [-0.25, -0.2) is 0 Å². The molecular weight excluding hydrogens is 354 g/mol. The highest BCUT2D eigenvalue weighted by atomic mass is 35.5. The Bertz CT molecular complexity index is 860. The summed E-state index contributed by atoms with van der Waals surface area (Å²) >= 11 is 6.28. The van der Waals surface area contributed by atoms with Crippen molar-refractivity contribution in [2.45, 2.75) is 39.2 Å². The lowest BCUT2D eigenvalue weighted by Gasteiger charge is -2.40. The Morgan fingerprint density at radius 2 is 1.74 bits per heavy atom. The van der Waals surface area contributed by atoms with Crippen LogP contribution < -0.4 is 9.80 Å². The highest BCUT2D eigenvalue weighted by molar-refractivity contribution is 6.32. The van der Waals surface area contributed by atoms with E-state index in [2.05, 4.69) is 54.0 Å². The maximum atomic E-state index is 9.11. The summed E-state index contributed by atoms with van der Waals surface area (Å²) in [6, 6.07) is 17.4. The van der Waals surface area contributed by atoms with Gasteiger partial charge in [0.1, 0.15) is 6.07 Å². The Morgan fingerprint density at radius 1 is 1.07 bits per heavy atom. The van der Waals surface area contributed by atoms with E-state index in [-0.39, 0.29) is 0 Å². The van der Waals surface area contributed by atoms with Crippen molar-refractivity contribution in [3.8, 4) is 6.07 Å². The highest BCUT2D eigenvalue weighted by Crippen LogP contribution is 2.45. The Morgan fingerprint density at radius 3 is 2.37 bits per heavy atom. The Kier molecular flexibility index (Phi) is 4.78. The molecule has 0 aromatic heterocycles. The van der Waals surface area contributed by atoms with E-state index in [4.69, 9.17) is 16.9 Å². The molecule has 0 radical (unpaired) electrons. The number of piperidine rings is 1. The normalized spacial score (nSPS) is 21.5. The molecular formula is C23H26ClN3. The van der Waals surface area contributed by atoms with Crippen molar-refractivity contribution >= 4 is 23.0 Å². The summed E-state index contributed by atoms with van der Waals surface area (Å²) in [6.07, 6.45) is 3.68. The number of nitriles is 1.